The van der Waals surface area contributed by atoms with E-state index in [2.05, 4.69) is 6.58 Å². The fourth-order valence-corrected chi connectivity index (χ4v) is 2.23. The Labute approximate surface area is 98.7 Å². The minimum absolute atomic E-state index is 0.0711. The summed E-state index contributed by atoms with van der Waals surface area (Å²) < 4.78 is 0. The fraction of sp³-hybridized carbons (Fsp3) is 0.769. The molecule has 3 heteroatoms. The van der Waals surface area contributed by atoms with Crippen molar-refractivity contribution in [2.75, 3.05) is 6.54 Å². The monoisotopic (exact) mass is 224 g/mol. The Balaban J connectivity index is 2.76. The lowest BCUT2D eigenvalue weighted by atomic mass is 9.97. The molecule has 0 aromatic rings. The van der Waals surface area contributed by atoms with Crippen LogP contribution in [0, 0.1) is 0 Å². The average Bonchev–Trinajstić information content (AvgIpc) is 2.78. The molecule has 92 valence electrons. The van der Waals surface area contributed by atoms with Crippen LogP contribution >= 0.6 is 0 Å². The summed E-state index contributed by atoms with van der Waals surface area (Å²) in [6.45, 7) is 8.13. The maximum Gasteiger partial charge on any atom is 0.242 e. The van der Waals surface area contributed by atoms with Crippen molar-refractivity contribution >= 4 is 5.91 Å². The first kappa shape index (κ1) is 13.2. The van der Waals surface area contributed by atoms with Gasteiger partial charge in [-0.3, -0.25) is 4.79 Å². The Morgan fingerprint density at radius 1 is 1.56 bits per heavy atom. The Bertz CT molecular complexity index is 255. The molecule has 1 aliphatic rings. The van der Waals surface area contributed by atoms with E-state index in [4.69, 9.17) is 5.73 Å². The van der Waals surface area contributed by atoms with Crippen molar-refractivity contribution in [1.29, 1.82) is 0 Å². The molecule has 1 fully saturated rings. The minimum atomic E-state index is -0.731. The van der Waals surface area contributed by atoms with Crippen LogP contribution in [0.4, 0.5) is 0 Å². The number of carbonyl (C=O) groups excluding carboxylic acids is 1. The van der Waals surface area contributed by atoms with Gasteiger partial charge in [-0.25, -0.2) is 0 Å². The summed E-state index contributed by atoms with van der Waals surface area (Å²) in [7, 11) is 0. The summed E-state index contributed by atoms with van der Waals surface area (Å²) in [5.41, 5.74) is 5.30. The van der Waals surface area contributed by atoms with E-state index in [0.717, 1.165) is 12.8 Å². The number of amides is 1. The molecule has 0 bridgehead atoms. The molecular formula is C13H24N2O. The third-order valence-electron chi connectivity index (χ3n) is 3.58. The van der Waals surface area contributed by atoms with Crippen LogP contribution in [0.5, 0.6) is 0 Å². The lowest BCUT2D eigenvalue weighted by molar-refractivity contribution is -0.138. The van der Waals surface area contributed by atoms with Gasteiger partial charge in [0, 0.05) is 12.6 Å². The largest absolute Gasteiger partial charge is 0.334 e. The first-order valence-electron chi connectivity index (χ1n) is 6.23. The molecule has 1 aliphatic carbocycles. The number of rotatable bonds is 5. The van der Waals surface area contributed by atoms with Crippen LogP contribution in [0.2, 0.25) is 0 Å². The lowest BCUT2D eigenvalue weighted by Gasteiger charge is -2.34. The Morgan fingerprint density at radius 2 is 2.12 bits per heavy atom. The molecule has 1 atom stereocenters. The van der Waals surface area contributed by atoms with Crippen LogP contribution in [0.1, 0.15) is 46.0 Å². The van der Waals surface area contributed by atoms with E-state index in [9.17, 15) is 4.79 Å². The van der Waals surface area contributed by atoms with Gasteiger partial charge in [0.05, 0.1) is 5.54 Å². The van der Waals surface area contributed by atoms with Crippen LogP contribution in [-0.4, -0.2) is 28.9 Å². The molecule has 1 saturated carbocycles. The zero-order valence-corrected chi connectivity index (χ0v) is 10.5. The molecule has 3 nitrogen and oxygen atoms in total. The van der Waals surface area contributed by atoms with E-state index in [1.54, 1.807) is 6.08 Å². The van der Waals surface area contributed by atoms with Crippen LogP contribution in [0.25, 0.3) is 0 Å². The highest BCUT2D eigenvalue weighted by molar-refractivity contribution is 5.86. The van der Waals surface area contributed by atoms with Gasteiger partial charge < -0.3 is 10.6 Å². The molecular weight excluding hydrogens is 200 g/mol. The second-order valence-corrected chi connectivity index (χ2v) is 4.96. The standard InChI is InChI=1S/C13H24N2O/c1-4-10-15(11-8-6-7-9-11)12(16)13(3,14)5-2/h4,11H,1,5-10,14H2,2-3H3. The number of nitrogens with zero attached hydrogens (tertiary/aromatic N) is 1. The first-order valence-corrected chi connectivity index (χ1v) is 6.23. The highest BCUT2D eigenvalue weighted by Crippen LogP contribution is 2.25. The molecule has 1 rings (SSSR count). The van der Waals surface area contributed by atoms with Crippen molar-refractivity contribution in [1.82, 2.24) is 4.90 Å². The summed E-state index contributed by atoms with van der Waals surface area (Å²) in [5, 5.41) is 0. The number of carbonyl (C=O) groups is 1. The van der Waals surface area contributed by atoms with Crippen molar-refractivity contribution in [3.05, 3.63) is 12.7 Å². The maximum absolute atomic E-state index is 12.3. The highest BCUT2D eigenvalue weighted by atomic mass is 16.2. The zero-order chi connectivity index (χ0) is 12.2. The van der Waals surface area contributed by atoms with Gasteiger partial charge in [0.2, 0.25) is 5.91 Å². The molecule has 0 radical (unpaired) electrons. The van der Waals surface area contributed by atoms with Gasteiger partial charge in [-0.2, -0.15) is 0 Å². The van der Waals surface area contributed by atoms with Crippen LogP contribution in [0.15, 0.2) is 12.7 Å². The highest BCUT2D eigenvalue weighted by Gasteiger charge is 2.34. The molecule has 1 unspecified atom stereocenters. The smallest absolute Gasteiger partial charge is 0.242 e. The lowest BCUT2D eigenvalue weighted by Crippen LogP contribution is -2.55. The molecule has 0 aromatic heterocycles. The summed E-state index contributed by atoms with van der Waals surface area (Å²) in [6, 6.07) is 0.375. The topological polar surface area (TPSA) is 46.3 Å². The van der Waals surface area contributed by atoms with Crippen molar-refractivity contribution < 1.29 is 4.79 Å². The van der Waals surface area contributed by atoms with Crippen LogP contribution < -0.4 is 5.73 Å². The predicted molar refractivity (Wildman–Crippen MR) is 67.0 cm³/mol. The van der Waals surface area contributed by atoms with E-state index < -0.39 is 5.54 Å². The van der Waals surface area contributed by atoms with Gasteiger partial charge in [0.25, 0.3) is 0 Å². The molecule has 0 aliphatic heterocycles. The SMILES string of the molecule is C=CCN(C(=O)C(C)(N)CC)C1CCCC1. The zero-order valence-electron chi connectivity index (χ0n) is 10.5. The van der Waals surface area contributed by atoms with Gasteiger partial charge in [-0.15, -0.1) is 6.58 Å². The first-order chi connectivity index (χ1) is 7.53. The van der Waals surface area contributed by atoms with E-state index in [0.29, 0.717) is 19.0 Å². The summed E-state index contributed by atoms with van der Waals surface area (Å²) in [4.78, 5) is 14.2. The number of hydrogen-bond acceptors (Lipinski definition) is 2. The van der Waals surface area contributed by atoms with Crippen molar-refractivity contribution in [3.63, 3.8) is 0 Å². The summed E-state index contributed by atoms with van der Waals surface area (Å²) >= 11 is 0. The molecule has 16 heavy (non-hydrogen) atoms. The normalized spacial score (nSPS) is 20.4. The minimum Gasteiger partial charge on any atom is -0.334 e. The summed E-state index contributed by atoms with van der Waals surface area (Å²) in [6.07, 6.45) is 7.13. The van der Waals surface area contributed by atoms with E-state index in [1.165, 1.54) is 12.8 Å². The van der Waals surface area contributed by atoms with Crippen LogP contribution in [-0.2, 0) is 4.79 Å². The molecule has 2 N–H and O–H groups in total. The second kappa shape index (κ2) is 5.48. The van der Waals surface area contributed by atoms with E-state index in [1.807, 2.05) is 18.7 Å². The molecule has 0 spiro atoms. The maximum atomic E-state index is 12.3. The Hall–Kier alpha value is -0.830. The second-order valence-electron chi connectivity index (χ2n) is 4.96. The van der Waals surface area contributed by atoms with Gasteiger partial charge in [-0.1, -0.05) is 25.8 Å². The van der Waals surface area contributed by atoms with Crippen LogP contribution in [0.3, 0.4) is 0 Å². The van der Waals surface area contributed by atoms with E-state index >= 15 is 0 Å². The molecule has 0 aromatic carbocycles. The Kier molecular flexibility index (Phi) is 4.54. The summed E-state index contributed by atoms with van der Waals surface area (Å²) in [5.74, 6) is 0.0711. The van der Waals surface area contributed by atoms with Crippen molar-refractivity contribution in [3.8, 4) is 0 Å². The number of hydrogen-bond donors (Lipinski definition) is 1. The van der Waals surface area contributed by atoms with Crippen molar-refractivity contribution in [2.45, 2.75) is 57.5 Å². The van der Waals surface area contributed by atoms with Gasteiger partial charge in [-0.05, 0) is 26.2 Å². The quantitative estimate of drug-likeness (QED) is 0.727. The third kappa shape index (κ3) is 2.85. The molecule has 0 saturated heterocycles. The Morgan fingerprint density at radius 3 is 2.56 bits per heavy atom. The fourth-order valence-electron chi connectivity index (χ4n) is 2.23. The van der Waals surface area contributed by atoms with E-state index in [-0.39, 0.29) is 5.91 Å². The van der Waals surface area contributed by atoms with Crippen molar-refractivity contribution in [2.24, 2.45) is 5.73 Å². The predicted octanol–water partition coefficient (Wildman–Crippen LogP) is 2.07. The molecule has 0 heterocycles. The average molecular weight is 224 g/mol. The third-order valence-corrected chi connectivity index (χ3v) is 3.58. The molecule has 1 amide bonds. The van der Waals surface area contributed by atoms with Gasteiger partial charge in [0.1, 0.15) is 0 Å². The van der Waals surface area contributed by atoms with Gasteiger partial charge >= 0.3 is 0 Å². The number of nitrogens with two attached hydrogens (primary N) is 1. The van der Waals surface area contributed by atoms with Gasteiger partial charge in [0.15, 0.2) is 0 Å².